The number of benzene rings is 3. The Morgan fingerprint density at radius 3 is 1.85 bits per heavy atom. The van der Waals surface area contributed by atoms with Crippen molar-refractivity contribution in [3.63, 3.8) is 0 Å². The van der Waals surface area contributed by atoms with Crippen LogP contribution in [-0.2, 0) is 19.9 Å². The molecule has 1 N–H and O–H groups in total. The summed E-state index contributed by atoms with van der Waals surface area (Å²) in [5, 5.41) is 9.94. The van der Waals surface area contributed by atoms with Crippen molar-refractivity contribution >= 4 is 28.1 Å². The molecular weight excluding hydrogens is 446 g/mol. The third kappa shape index (κ3) is 4.70. The summed E-state index contributed by atoms with van der Waals surface area (Å²) in [5.74, 6) is -0.582. The number of hydrogen-bond acceptors (Lipinski definition) is 7. The minimum absolute atomic E-state index is 0.0263. The number of thiazole rings is 1. The fraction of sp³-hybridized carbons (Fsp3) is 0.148. The van der Waals surface area contributed by atoms with Crippen LogP contribution in [0.3, 0.4) is 0 Å². The van der Waals surface area contributed by atoms with Crippen molar-refractivity contribution in [2.45, 2.75) is 12.5 Å². The first-order valence-electron chi connectivity index (χ1n) is 10.9. The summed E-state index contributed by atoms with van der Waals surface area (Å²) in [6.07, 6.45) is 0. The number of aromatic nitrogens is 1. The molecule has 34 heavy (non-hydrogen) atoms. The summed E-state index contributed by atoms with van der Waals surface area (Å²) in [5.41, 5.74) is 2.86. The summed E-state index contributed by atoms with van der Waals surface area (Å²) in [7, 11) is 1.38. The Balaban J connectivity index is 1.85. The third-order valence-electron chi connectivity index (χ3n) is 5.31. The smallest absolute Gasteiger partial charge is 0.362 e. The molecule has 0 bridgehead atoms. The quantitative estimate of drug-likeness (QED) is 0.152. The van der Waals surface area contributed by atoms with Crippen molar-refractivity contribution in [1.29, 1.82) is 0 Å². The van der Waals surface area contributed by atoms with Crippen LogP contribution >= 0.6 is 11.3 Å². The number of carbonyl (C=O) groups excluding carboxylic acids is 1. The van der Waals surface area contributed by atoms with Gasteiger partial charge in [-0.25, -0.2) is 9.78 Å². The molecule has 0 saturated heterocycles. The molecule has 4 aromatic rings. The normalized spacial score (nSPS) is 11.6. The molecule has 1 aromatic heterocycles. The van der Waals surface area contributed by atoms with Gasteiger partial charge in [-0.1, -0.05) is 96.2 Å². The van der Waals surface area contributed by atoms with Crippen LogP contribution in [-0.4, -0.2) is 30.4 Å². The molecule has 0 aliphatic rings. The lowest BCUT2D eigenvalue weighted by Crippen LogP contribution is -2.38. The zero-order valence-corrected chi connectivity index (χ0v) is 19.8. The van der Waals surface area contributed by atoms with Gasteiger partial charge in [-0.15, -0.1) is 11.3 Å². The van der Waals surface area contributed by atoms with Gasteiger partial charge in [0.1, 0.15) is 18.3 Å². The van der Waals surface area contributed by atoms with Crippen LogP contribution < -0.4 is 5.32 Å². The maximum Gasteiger partial charge on any atom is 0.362 e. The highest BCUT2D eigenvalue weighted by Gasteiger charge is 2.37. The molecule has 0 unspecified atom stereocenters. The van der Waals surface area contributed by atoms with Gasteiger partial charge >= 0.3 is 5.97 Å². The highest BCUT2D eigenvalue weighted by atomic mass is 32.1. The Hall–Kier alpha value is -3.97. The molecule has 0 fully saturated rings. The topological polar surface area (TPSA) is 72.8 Å². The largest absolute Gasteiger partial charge is 0.461 e. The third-order valence-corrected chi connectivity index (χ3v) is 6.07. The standard InChI is InChI=1S/C27H25N3O3S/c1-3-33-25(31)24(30-32-2)23-19-34-26(28-23)29-27(20-13-7-4-8-14-20,21-15-9-5-10-16-21)22-17-11-6-12-18-22/h4-19H,3H2,1-2H3,(H,28,29)/b30-24+. The van der Waals surface area contributed by atoms with Crippen molar-refractivity contribution in [2.75, 3.05) is 19.0 Å². The van der Waals surface area contributed by atoms with Crippen molar-refractivity contribution in [3.8, 4) is 0 Å². The first kappa shape index (κ1) is 23.2. The Kier molecular flexibility index (Phi) is 7.34. The van der Waals surface area contributed by atoms with Crippen LogP contribution in [0.1, 0.15) is 29.3 Å². The second-order valence-electron chi connectivity index (χ2n) is 7.35. The van der Waals surface area contributed by atoms with Crippen LogP contribution in [0.25, 0.3) is 0 Å². The van der Waals surface area contributed by atoms with Gasteiger partial charge in [0.25, 0.3) is 0 Å². The van der Waals surface area contributed by atoms with Crippen LogP contribution in [0, 0.1) is 0 Å². The first-order chi connectivity index (χ1) is 16.7. The van der Waals surface area contributed by atoms with Crippen LogP contribution in [0.5, 0.6) is 0 Å². The van der Waals surface area contributed by atoms with E-state index in [4.69, 9.17) is 9.57 Å². The predicted octanol–water partition coefficient (Wildman–Crippen LogP) is 5.46. The minimum atomic E-state index is -0.721. The van der Waals surface area contributed by atoms with E-state index >= 15 is 0 Å². The lowest BCUT2D eigenvalue weighted by molar-refractivity contribution is -0.135. The molecule has 0 atom stereocenters. The van der Waals surface area contributed by atoms with Crippen molar-refractivity contribution in [1.82, 2.24) is 4.98 Å². The van der Waals surface area contributed by atoms with Gasteiger partial charge in [0.05, 0.1) is 6.61 Å². The fourth-order valence-electron chi connectivity index (χ4n) is 3.86. The molecule has 3 aromatic carbocycles. The monoisotopic (exact) mass is 471 g/mol. The van der Waals surface area contributed by atoms with Crippen molar-refractivity contribution < 1.29 is 14.4 Å². The summed E-state index contributed by atoms with van der Waals surface area (Å²) >= 11 is 1.38. The average Bonchev–Trinajstić information content (AvgIpc) is 3.35. The lowest BCUT2D eigenvalue weighted by Gasteiger charge is -2.36. The second-order valence-corrected chi connectivity index (χ2v) is 8.21. The van der Waals surface area contributed by atoms with Crippen LogP contribution in [0.4, 0.5) is 5.13 Å². The molecule has 0 aliphatic carbocycles. The number of nitrogens with zero attached hydrogens (tertiary/aromatic N) is 2. The number of rotatable bonds is 9. The Morgan fingerprint density at radius 1 is 0.912 bits per heavy atom. The van der Waals surface area contributed by atoms with E-state index in [2.05, 4.69) is 51.9 Å². The molecular formula is C27H25N3O3S. The SMILES string of the molecule is CCOC(=O)/C(=N/OC)c1csc(NC(c2ccccc2)(c2ccccc2)c2ccccc2)n1. The molecule has 0 radical (unpaired) electrons. The molecule has 6 nitrogen and oxygen atoms in total. The van der Waals surface area contributed by atoms with Gasteiger partial charge in [0.15, 0.2) is 5.13 Å². The highest BCUT2D eigenvalue weighted by Crippen LogP contribution is 2.40. The maximum absolute atomic E-state index is 12.4. The zero-order valence-electron chi connectivity index (χ0n) is 19.0. The van der Waals surface area contributed by atoms with Crippen LogP contribution in [0.2, 0.25) is 0 Å². The van der Waals surface area contributed by atoms with E-state index in [9.17, 15) is 4.79 Å². The highest BCUT2D eigenvalue weighted by molar-refractivity contribution is 7.14. The molecule has 0 aliphatic heterocycles. The van der Waals surface area contributed by atoms with E-state index in [-0.39, 0.29) is 12.3 Å². The van der Waals surface area contributed by atoms with Gasteiger partial charge < -0.3 is 14.9 Å². The number of ether oxygens (including phenoxy) is 1. The molecule has 0 amide bonds. The van der Waals surface area contributed by atoms with Crippen molar-refractivity contribution in [3.05, 3.63) is 119 Å². The van der Waals surface area contributed by atoms with E-state index < -0.39 is 11.5 Å². The summed E-state index contributed by atoms with van der Waals surface area (Å²) in [6.45, 7) is 1.97. The van der Waals surface area contributed by atoms with E-state index in [0.717, 1.165) is 16.7 Å². The average molecular weight is 472 g/mol. The summed E-state index contributed by atoms with van der Waals surface area (Å²) < 4.78 is 5.12. The molecule has 7 heteroatoms. The van der Waals surface area contributed by atoms with Gasteiger partial charge in [0.2, 0.25) is 5.71 Å². The Bertz CT molecular complexity index is 1150. The Morgan fingerprint density at radius 2 is 1.41 bits per heavy atom. The Labute approximate surface area is 202 Å². The number of nitrogens with one attached hydrogen (secondary N) is 1. The number of hydrogen-bond donors (Lipinski definition) is 1. The van der Waals surface area contributed by atoms with Crippen molar-refractivity contribution in [2.24, 2.45) is 5.16 Å². The molecule has 0 spiro atoms. The molecule has 172 valence electrons. The lowest BCUT2D eigenvalue weighted by atomic mass is 9.77. The molecule has 0 saturated carbocycles. The first-order valence-corrected chi connectivity index (χ1v) is 11.8. The number of anilines is 1. The van der Waals surface area contributed by atoms with Gasteiger partial charge in [-0.3, -0.25) is 0 Å². The molecule has 4 rings (SSSR count). The van der Waals surface area contributed by atoms with E-state index in [0.29, 0.717) is 10.8 Å². The van der Waals surface area contributed by atoms with E-state index in [1.165, 1.54) is 18.4 Å². The zero-order chi connectivity index (χ0) is 23.8. The van der Waals surface area contributed by atoms with Crippen LogP contribution in [0.15, 0.2) is 102 Å². The summed E-state index contributed by atoms with van der Waals surface area (Å²) in [4.78, 5) is 22.0. The number of oxime groups is 1. The number of esters is 1. The van der Waals surface area contributed by atoms with Gasteiger partial charge in [-0.05, 0) is 23.6 Å². The van der Waals surface area contributed by atoms with E-state index in [1.54, 1.807) is 12.3 Å². The van der Waals surface area contributed by atoms with Gasteiger partial charge in [-0.2, -0.15) is 0 Å². The van der Waals surface area contributed by atoms with Gasteiger partial charge in [0, 0.05) is 5.38 Å². The fourth-order valence-corrected chi connectivity index (χ4v) is 4.61. The summed E-state index contributed by atoms with van der Waals surface area (Å²) in [6, 6.07) is 30.7. The van der Waals surface area contributed by atoms with E-state index in [1.807, 2.05) is 54.6 Å². The minimum Gasteiger partial charge on any atom is -0.461 e. The number of carbonyl (C=O) groups is 1. The molecule has 1 heterocycles. The predicted molar refractivity (Wildman–Crippen MR) is 135 cm³/mol. The second kappa shape index (κ2) is 10.8. The maximum atomic E-state index is 12.4.